The molecule has 2 aromatic rings. The standard InChI is InChI=1S/C19H25NS/c1-4-20-18(14-21-19-8-6-5-7-9-19)13-17-11-10-15(2)16(3)12-17/h5-12,18,20H,4,13-14H2,1-3H3. The molecule has 0 radical (unpaired) electrons. The number of aryl methyl sites for hydroxylation is 2. The van der Waals surface area contributed by atoms with Crippen LogP contribution in [0.2, 0.25) is 0 Å². The summed E-state index contributed by atoms with van der Waals surface area (Å²) >= 11 is 1.93. The van der Waals surface area contributed by atoms with Crippen LogP contribution in [0.5, 0.6) is 0 Å². The second-order valence-electron chi connectivity index (χ2n) is 5.50. The van der Waals surface area contributed by atoms with Crippen molar-refractivity contribution in [3.63, 3.8) is 0 Å². The highest BCUT2D eigenvalue weighted by Crippen LogP contribution is 2.20. The van der Waals surface area contributed by atoms with E-state index in [0.717, 1.165) is 18.7 Å². The van der Waals surface area contributed by atoms with Crippen molar-refractivity contribution in [2.75, 3.05) is 12.3 Å². The largest absolute Gasteiger partial charge is 0.313 e. The predicted molar refractivity (Wildman–Crippen MR) is 94.3 cm³/mol. The molecule has 1 N–H and O–H groups in total. The fourth-order valence-electron chi connectivity index (χ4n) is 2.41. The van der Waals surface area contributed by atoms with Crippen molar-refractivity contribution in [2.45, 2.75) is 38.1 Å². The first-order valence-corrected chi connectivity index (χ1v) is 8.65. The second kappa shape index (κ2) is 8.26. The lowest BCUT2D eigenvalue weighted by Crippen LogP contribution is -2.33. The summed E-state index contributed by atoms with van der Waals surface area (Å²) in [6, 6.07) is 18.0. The van der Waals surface area contributed by atoms with Crippen LogP contribution in [0, 0.1) is 13.8 Å². The van der Waals surface area contributed by atoms with Crippen LogP contribution in [-0.4, -0.2) is 18.3 Å². The monoisotopic (exact) mass is 299 g/mol. The van der Waals surface area contributed by atoms with E-state index in [1.807, 2.05) is 11.8 Å². The Balaban J connectivity index is 1.96. The first-order valence-electron chi connectivity index (χ1n) is 7.66. The maximum absolute atomic E-state index is 3.61. The van der Waals surface area contributed by atoms with E-state index in [4.69, 9.17) is 0 Å². The van der Waals surface area contributed by atoms with Crippen molar-refractivity contribution in [3.8, 4) is 0 Å². The summed E-state index contributed by atoms with van der Waals surface area (Å²) < 4.78 is 0. The molecule has 0 aliphatic heterocycles. The Morgan fingerprint density at radius 1 is 1.00 bits per heavy atom. The van der Waals surface area contributed by atoms with Crippen molar-refractivity contribution in [1.29, 1.82) is 0 Å². The molecule has 0 heterocycles. The van der Waals surface area contributed by atoms with Crippen LogP contribution in [0.3, 0.4) is 0 Å². The first kappa shape index (κ1) is 16.1. The summed E-state index contributed by atoms with van der Waals surface area (Å²) in [6.07, 6.45) is 1.09. The van der Waals surface area contributed by atoms with E-state index < -0.39 is 0 Å². The van der Waals surface area contributed by atoms with Crippen molar-refractivity contribution in [2.24, 2.45) is 0 Å². The van der Waals surface area contributed by atoms with Crippen LogP contribution in [0.4, 0.5) is 0 Å². The molecule has 0 bridgehead atoms. The van der Waals surface area contributed by atoms with E-state index in [9.17, 15) is 0 Å². The molecule has 0 saturated heterocycles. The van der Waals surface area contributed by atoms with Gasteiger partial charge in [-0.25, -0.2) is 0 Å². The molecule has 0 spiro atoms. The minimum Gasteiger partial charge on any atom is -0.313 e. The average Bonchev–Trinajstić information content (AvgIpc) is 2.50. The molecule has 0 aromatic heterocycles. The lowest BCUT2D eigenvalue weighted by atomic mass is 10.0. The zero-order chi connectivity index (χ0) is 15.1. The predicted octanol–water partition coefficient (Wildman–Crippen LogP) is 4.62. The topological polar surface area (TPSA) is 12.0 Å². The fraction of sp³-hybridized carbons (Fsp3) is 0.368. The normalized spacial score (nSPS) is 12.3. The highest BCUT2D eigenvalue weighted by molar-refractivity contribution is 7.99. The van der Waals surface area contributed by atoms with Gasteiger partial charge in [0.2, 0.25) is 0 Å². The number of hydrogen-bond acceptors (Lipinski definition) is 2. The van der Waals surface area contributed by atoms with E-state index in [2.05, 4.69) is 74.6 Å². The maximum atomic E-state index is 3.61. The highest BCUT2D eigenvalue weighted by Gasteiger charge is 2.09. The van der Waals surface area contributed by atoms with Crippen molar-refractivity contribution in [3.05, 3.63) is 65.2 Å². The third kappa shape index (κ3) is 5.22. The van der Waals surface area contributed by atoms with Crippen molar-refractivity contribution < 1.29 is 0 Å². The molecule has 21 heavy (non-hydrogen) atoms. The summed E-state index contributed by atoms with van der Waals surface area (Å²) in [4.78, 5) is 1.35. The Labute approximate surface area is 133 Å². The van der Waals surface area contributed by atoms with Gasteiger partial charge < -0.3 is 5.32 Å². The smallest absolute Gasteiger partial charge is 0.0201 e. The minimum atomic E-state index is 0.516. The molecule has 2 aromatic carbocycles. The molecule has 112 valence electrons. The summed E-state index contributed by atoms with van der Waals surface area (Å²) in [7, 11) is 0. The van der Waals surface area contributed by atoms with Gasteiger partial charge in [-0.15, -0.1) is 11.8 Å². The molecule has 0 amide bonds. The Bertz CT molecular complexity index is 551. The lowest BCUT2D eigenvalue weighted by Gasteiger charge is -2.18. The number of likely N-dealkylation sites (N-methyl/N-ethyl adjacent to an activating group) is 1. The molecule has 0 saturated carbocycles. The quantitative estimate of drug-likeness (QED) is 0.749. The van der Waals surface area contributed by atoms with Crippen LogP contribution in [0.15, 0.2) is 53.4 Å². The van der Waals surface area contributed by atoms with E-state index in [0.29, 0.717) is 6.04 Å². The Kier molecular flexibility index (Phi) is 6.34. The molecule has 0 fully saturated rings. The molecular formula is C19H25NS. The van der Waals surface area contributed by atoms with Crippen LogP contribution in [0.1, 0.15) is 23.6 Å². The van der Waals surface area contributed by atoms with Gasteiger partial charge in [0.15, 0.2) is 0 Å². The zero-order valence-electron chi connectivity index (χ0n) is 13.2. The van der Waals surface area contributed by atoms with E-state index in [1.54, 1.807) is 0 Å². The van der Waals surface area contributed by atoms with Crippen LogP contribution < -0.4 is 5.32 Å². The van der Waals surface area contributed by atoms with E-state index in [-0.39, 0.29) is 0 Å². The van der Waals surface area contributed by atoms with E-state index >= 15 is 0 Å². The number of benzene rings is 2. The summed E-state index contributed by atoms with van der Waals surface area (Å²) in [5.41, 5.74) is 4.19. The second-order valence-corrected chi connectivity index (χ2v) is 6.59. The van der Waals surface area contributed by atoms with Gasteiger partial charge in [-0.1, -0.05) is 43.3 Å². The summed E-state index contributed by atoms with van der Waals surface area (Å²) in [5, 5.41) is 3.61. The third-order valence-corrected chi connectivity index (χ3v) is 4.92. The number of nitrogens with one attached hydrogen (secondary N) is 1. The maximum Gasteiger partial charge on any atom is 0.0201 e. The molecule has 0 aliphatic rings. The van der Waals surface area contributed by atoms with Gasteiger partial charge in [-0.3, -0.25) is 0 Å². The molecule has 2 heteroatoms. The van der Waals surface area contributed by atoms with Gasteiger partial charge in [-0.05, 0) is 55.6 Å². The number of thioether (sulfide) groups is 1. The van der Waals surface area contributed by atoms with Crippen molar-refractivity contribution in [1.82, 2.24) is 5.32 Å². The van der Waals surface area contributed by atoms with Gasteiger partial charge in [0.1, 0.15) is 0 Å². The minimum absolute atomic E-state index is 0.516. The highest BCUT2D eigenvalue weighted by atomic mass is 32.2. The van der Waals surface area contributed by atoms with Gasteiger partial charge in [0.25, 0.3) is 0 Å². The SMILES string of the molecule is CCNC(CSc1ccccc1)Cc1ccc(C)c(C)c1. The van der Waals surface area contributed by atoms with E-state index in [1.165, 1.54) is 21.6 Å². The molecule has 1 unspecified atom stereocenters. The van der Waals surface area contributed by atoms with Crippen LogP contribution in [-0.2, 0) is 6.42 Å². The third-order valence-electron chi connectivity index (χ3n) is 3.74. The van der Waals surface area contributed by atoms with Gasteiger partial charge in [0, 0.05) is 16.7 Å². The van der Waals surface area contributed by atoms with Crippen LogP contribution >= 0.6 is 11.8 Å². The summed E-state index contributed by atoms with van der Waals surface area (Å²) in [6.45, 7) is 7.57. The van der Waals surface area contributed by atoms with Crippen LogP contribution in [0.25, 0.3) is 0 Å². The first-order chi connectivity index (χ1) is 10.2. The fourth-order valence-corrected chi connectivity index (χ4v) is 3.39. The Morgan fingerprint density at radius 2 is 1.76 bits per heavy atom. The summed E-state index contributed by atoms with van der Waals surface area (Å²) in [5.74, 6) is 1.10. The molecular weight excluding hydrogens is 274 g/mol. The van der Waals surface area contributed by atoms with Gasteiger partial charge >= 0.3 is 0 Å². The molecule has 1 nitrogen and oxygen atoms in total. The average molecular weight is 299 g/mol. The lowest BCUT2D eigenvalue weighted by molar-refractivity contribution is 0.572. The van der Waals surface area contributed by atoms with Gasteiger partial charge in [0.05, 0.1) is 0 Å². The number of hydrogen-bond donors (Lipinski definition) is 1. The number of rotatable bonds is 7. The molecule has 1 atom stereocenters. The molecule has 0 aliphatic carbocycles. The van der Waals surface area contributed by atoms with Crippen molar-refractivity contribution >= 4 is 11.8 Å². The Morgan fingerprint density at radius 3 is 2.43 bits per heavy atom. The zero-order valence-corrected chi connectivity index (χ0v) is 14.0. The Hall–Kier alpha value is -1.25. The molecule has 2 rings (SSSR count). The van der Waals surface area contributed by atoms with Gasteiger partial charge in [-0.2, -0.15) is 0 Å².